The van der Waals surface area contributed by atoms with Crippen LogP contribution in [0.2, 0.25) is 0 Å². The van der Waals surface area contributed by atoms with Gasteiger partial charge in [-0.1, -0.05) is 111 Å². The third-order valence-corrected chi connectivity index (χ3v) is 6.27. The normalized spacial score (nSPS) is 15.1. The maximum atomic E-state index is 12.2. The van der Waals surface area contributed by atoms with Crippen LogP contribution in [0, 0.1) is 11.8 Å². The lowest BCUT2D eigenvalue weighted by molar-refractivity contribution is -0.368. The van der Waals surface area contributed by atoms with E-state index in [0.29, 0.717) is 6.42 Å². The molecule has 0 aliphatic carbocycles. The maximum absolute atomic E-state index is 12.2. The molecule has 0 aromatic carbocycles. The van der Waals surface area contributed by atoms with Crippen molar-refractivity contribution in [1.82, 2.24) is 0 Å². The Hall–Kier alpha value is -0.730. The second kappa shape index (κ2) is 17.7. The van der Waals surface area contributed by atoms with Crippen LogP contribution in [0.4, 0.5) is 0 Å². The van der Waals surface area contributed by atoms with Crippen LogP contribution in [0.3, 0.4) is 0 Å². The van der Waals surface area contributed by atoms with Gasteiger partial charge in [-0.3, -0.25) is 0 Å². The van der Waals surface area contributed by atoms with E-state index < -0.39 is 36.2 Å². The van der Waals surface area contributed by atoms with Gasteiger partial charge in [0, 0.05) is 0 Å². The van der Waals surface area contributed by atoms with Crippen molar-refractivity contribution in [2.45, 2.75) is 142 Å². The van der Waals surface area contributed by atoms with Crippen LogP contribution in [0.25, 0.3) is 0 Å². The van der Waals surface area contributed by atoms with Crippen LogP contribution in [0.5, 0.6) is 0 Å². The molecule has 0 rings (SSSR count). The SMILES string of the molecule is CC(C)CCCCCCCCCCCCCCCC(O)(CO)C(=O)OC(O)(O)C(O)C(C)C. The summed E-state index contributed by atoms with van der Waals surface area (Å²) in [4.78, 5) is 12.2. The number of esters is 1. The van der Waals surface area contributed by atoms with Crippen molar-refractivity contribution in [3.63, 3.8) is 0 Å². The summed E-state index contributed by atoms with van der Waals surface area (Å²) in [7, 11) is 0. The molecule has 2 unspecified atom stereocenters. The third-order valence-electron chi connectivity index (χ3n) is 6.27. The molecule has 0 radical (unpaired) electrons. The van der Waals surface area contributed by atoms with Crippen molar-refractivity contribution in [3.8, 4) is 0 Å². The minimum Gasteiger partial charge on any atom is -0.404 e. The van der Waals surface area contributed by atoms with Crippen LogP contribution in [-0.4, -0.2) is 55.8 Å². The highest BCUT2D eigenvalue weighted by Gasteiger charge is 2.46. The first-order valence-electron chi connectivity index (χ1n) is 13.2. The first-order valence-corrected chi connectivity index (χ1v) is 13.2. The van der Waals surface area contributed by atoms with E-state index >= 15 is 0 Å². The molecule has 0 saturated heterocycles. The van der Waals surface area contributed by atoms with E-state index in [4.69, 9.17) is 0 Å². The molecule has 0 fully saturated rings. The number of carbonyl (C=O) groups is 1. The van der Waals surface area contributed by atoms with Gasteiger partial charge in [0.25, 0.3) is 0 Å². The highest BCUT2D eigenvalue weighted by Crippen LogP contribution is 2.23. The number of hydrogen-bond acceptors (Lipinski definition) is 7. The zero-order valence-electron chi connectivity index (χ0n) is 21.6. The summed E-state index contributed by atoms with van der Waals surface area (Å²) in [6, 6.07) is 0. The fourth-order valence-electron chi connectivity index (χ4n) is 3.89. The van der Waals surface area contributed by atoms with Crippen molar-refractivity contribution in [2.24, 2.45) is 11.8 Å². The predicted molar refractivity (Wildman–Crippen MR) is 130 cm³/mol. The van der Waals surface area contributed by atoms with Gasteiger partial charge in [-0.2, -0.15) is 0 Å². The molecule has 0 heterocycles. The molecule has 33 heavy (non-hydrogen) atoms. The zero-order chi connectivity index (χ0) is 25.3. The largest absolute Gasteiger partial charge is 0.404 e. The van der Waals surface area contributed by atoms with Crippen molar-refractivity contribution < 1.29 is 35.1 Å². The number of aliphatic hydroxyl groups excluding tert-OH is 2. The van der Waals surface area contributed by atoms with Crippen molar-refractivity contribution in [3.05, 3.63) is 0 Å². The summed E-state index contributed by atoms with van der Waals surface area (Å²) in [6.07, 6.45) is 14.7. The van der Waals surface area contributed by atoms with Gasteiger partial charge in [0.05, 0.1) is 6.61 Å². The molecule has 0 aromatic heterocycles. The molecule has 5 N–H and O–H groups in total. The van der Waals surface area contributed by atoms with Gasteiger partial charge in [0.1, 0.15) is 6.10 Å². The van der Waals surface area contributed by atoms with Crippen LogP contribution < -0.4 is 0 Å². The Morgan fingerprint density at radius 2 is 1.12 bits per heavy atom. The maximum Gasteiger partial charge on any atom is 0.352 e. The van der Waals surface area contributed by atoms with Gasteiger partial charge in [-0.15, -0.1) is 0 Å². The Kier molecular flexibility index (Phi) is 17.3. The quantitative estimate of drug-likeness (QED) is 0.0943. The molecule has 7 heteroatoms. The van der Waals surface area contributed by atoms with Gasteiger partial charge in [0.2, 0.25) is 0 Å². The first-order chi connectivity index (χ1) is 15.5. The number of aliphatic hydroxyl groups is 5. The average molecular weight is 477 g/mol. The average Bonchev–Trinajstić information content (AvgIpc) is 2.74. The standard InChI is InChI=1S/C26H52O7/c1-21(2)18-16-14-12-10-8-6-5-7-9-11-13-15-17-19-25(30,20-27)24(29)33-26(31,32)23(28)22(3)4/h21-23,27-28,30-32H,5-20H2,1-4H3. The summed E-state index contributed by atoms with van der Waals surface area (Å²) >= 11 is 0. The van der Waals surface area contributed by atoms with Crippen LogP contribution >= 0.6 is 0 Å². The van der Waals surface area contributed by atoms with Crippen LogP contribution in [0.15, 0.2) is 0 Å². The molecule has 7 nitrogen and oxygen atoms in total. The third kappa shape index (κ3) is 15.0. The lowest BCUT2D eigenvalue weighted by Crippen LogP contribution is -2.54. The molecule has 0 aliphatic heterocycles. The van der Waals surface area contributed by atoms with Gasteiger partial charge >= 0.3 is 11.9 Å². The summed E-state index contributed by atoms with van der Waals surface area (Å²) < 4.78 is 4.51. The fraction of sp³-hybridized carbons (Fsp3) is 0.962. The number of unbranched alkanes of at least 4 members (excludes halogenated alkanes) is 12. The van der Waals surface area contributed by atoms with E-state index in [2.05, 4.69) is 18.6 Å². The van der Waals surface area contributed by atoms with E-state index in [9.17, 15) is 30.3 Å². The van der Waals surface area contributed by atoms with Crippen molar-refractivity contribution in [2.75, 3.05) is 6.61 Å². The molecule has 2 atom stereocenters. The Labute approximate surface area is 201 Å². The monoisotopic (exact) mass is 476 g/mol. The first kappa shape index (κ1) is 32.3. The topological polar surface area (TPSA) is 127 Å². The smallest absolute Gasteiger partial charge is 0.352 e. The number of rotatable bonds is 21. The van der Waals surface area contributed by atoms with Crippen molar-refractivity contribution >= 4 is 5.97 Å². The molecule has 0 amide bonds. The van der Waals surface area contributed by atoms with E-state index in [0.717, 1.165) is 25.2 Å². The molecule has 0 bridgehead atoms. The molecule has 198 valence electrons. The molecular weight excluding hydrogens is 424 g/mol. The Morgan fingerprint density at radius 1 is 0.727 bits per heavy atom. The lowest BCUT2D eigenvalue weighted by Gasteiger charge is -2.32. The van der Waals surface area contributed by atoms with Gasteiger partial charge in [-0.25, -0.2) is 4.79 Å². The minimum atomic E-state index is -3.12. The Morgan fingerprint density at radius 3 is 1.48 bits per heavy atom. The van der Waals surface area contributed by atoms with Gasteiger partial charge < -0.3 is 30.3 Å². The van der Waals surface area contributed by atoms with E-state index in [1.54, 1.807) is 0 Å². The van der Waals surface area contributed by atoms with Gasteiger partial charge in [0.15, 0.2) is 5.60 Å². The molecule has 0 saturated carbocycles. The van der Waals surface area contributed by atoms with Crippen molar-refractivity contribution in [1.29, 1.82) is 0 Å². The Balaban J connectivity index is 3.85. The molecule has 0 aliphatic rings. The predicted octanol–water partition coefficient (Wildman–Crippen LogP) is 4.42. The molecular formula is C26H52O7. The summed E-state index contributed by atoms with van der Waals surface area (Å²) in [5.41, 5.74) is -2.22. The molecule has 0 spiro atoms. The number of ether oxygens (including phenoxy) is 1. The second-order valence-corrected chi connectivity index (χ2v) is 10.5. The molecule has 0 aromatic rings. The number of hydrogen-bond donors (Lipinski definition) is 5. The van der Waals surface area contributed by atoms with E-state index in [1.165, 1.54) is 78.1 Å². The highest BCUT2D eigenvalue weighted by atomic mass is 16.8. The zero-order valence-corrected chi connectivity index (χ0v) is 21.6. The van der Waals surface area contributed by atoms with Gasteiger partial charge in [-0.05, 0) is 24.7 Å². The number of carbonyl (C=O) groups excluding carboxylic acids is 1. The summed E-state index contributed by atoms with van der Waals surface area (Å²) in [5, 5.41) is 49.1. The summed E-state index contributed by atoms with van der Waals surface area (Å²) in [6.45, 7) is 6.72. The fourth-order valence-corrected chi connectivity index (χ4v) is 3.89. The minimum absolute atomic E-state index is 0.0483. The summed E-state index contributed by atoms with van der Waals surface area (Å²) in [5.74, 6) is -4.24. The van der Waals surface area contributed by atoms with E-state index in [-0.39, 0.29) is 6.42 Å². The lowest BCUT2D eigenvalue weighted by atomic mass is 9.96. The highest BCUT2D eigenvalue weighted by molar-refractivity contribution is 5.79. The van der Waals surface area contributed by atoms with Crippen LogP contribution in [-0.2, 0) is 9.53 Å². The van der Waals surface area contributed by atoms with E-state index in [1.807, 2.05) is 0 Å². The van der Waals surface area contributed by atoms with Crippen LogP contribution in [0.1, 0.15) is 124 Å². The Bertz CT molecular complexity index is 493. The second-order valence-electron chi connectivity index (χ2n) is 10.5.